The zero-order chi connectivity index (χ0) is 24.5. The Bertz CT molecular complexity index is 1030. The summed E-state index contributed by atoms with van der Waals surface area (Å²) in [6.45, 7) is 5.51. The van der Waals surface area contributed by atoms with Crippen LogP contribution in [0.5, 0.6) is 23.0 Å². The van der Waals surface area contributed by atoms with Gasteiger partial charge in [-0.2, -0.15) is 10.2 Å². The molecule has 2 aromatic rings. The third-order valence-electron chi connectivity index (χ3n) is 4.30. The summed E-state index contributed by atoms with van der Waals surface area (Å²) in [7, 11) is 2.91. The maximum atomic E-state index is 13.1. The summed E-state index contributed by atoms with van der Waals surface area (Å²) in [4.78, 5) is 25.3. The molecule has 0 aliphatic carbocycles. The van der Waals surface area contributed by atoms with E-state index in [0.717, 1.165) is 4.42 Å². The number of carbonyl (C=O) groups excluding carboxylic acids is 2. The van der Waals surface area contributed by atoms with Crippen LogP contribution < -0.4 is 23.4 Å². The number of hydrogen-bond donors (Lipinski definition) is 0. The summed E-state index contributed by atoms with van der Waals surface area (Å²) in [6.07, 6.45) is 0. The number of nitrogens with zero attached hydrogens (tertiary/aromatic N) is 3. The number of rotatable bonds is 11. The first-order valence-corrected chi connectivity index (χ1v) is 10.7. The molecule has 33 heavy (non-hydrogen) atoms. The van der Waals surface area contributed by atoms with Crippen LogP contribution in [0.2, 0.25) is 5.02 Å². The number of carbonyl (C=O) groups is 2. The molecular formula is C22H25Cl2N3O6. The van der Waals surface area contributed by atoms with Gasteiger partial charge >= 0.3 is 0 Å². The van der Waals surface area contributed by atoms with Gasteiger partial charge in [-0.3, -0.25) is 9.59 Å². The molecule has 0 radical (unpaired) electrons. The van der Waals surface area contributed by atoms with Crippen molar-refractivity contribution in [2.75, 3.05) is 31.9 Å². The summed E-state index contributed by atoms with van der Waals surface area (Å²) in [6, 6.07) is 6.35. The lowest BCUT2D eigenvalue weighted by molar-refractivity contribution is -0.126. The lowest BCUT2D eigenvalue weighted by atomic mass is 10.2. The molecule has 0 fully saturated rings. The molecule has 178 valence electrons. The number of Topliss-reactive ketones (excluding diaryl/α,β-unsaturated/α-hetero) is 1. The largest absolute Gasteiger partial charge is 0.493 e. The highest BCUT2D eigenvalue weighted by Gasteiger charge is 2.31. The summed E-state index contributed by atoms with van der Waals surface area (Å²) < 4.78 is 22.4. The number of benzene rings is 2. The first-order chi connectivity index (χ1) is 15.8. The van der Waals surface area contributed by atoms with Crippen molar-refractivity contribution in [1.82, 2.24) is 0 Å². The molecule has 0 bridgehead atoms. The minimum absolute atomic E-state index is 0.183. The van der Waals surface area contributed by atoms with Crippen LogP contribution in [0.1, 0.15) is 20.8 Å². The van der Waals surface area contributed by atoms with E-state index in [1.807, 2.05) is 6.92 Å². The number of ether oxygens (including phenoxy) is 4. The highest BCUT2D eigenvalue weighted by Crippen LogP contribution is 2.40. The van der Waals surface area contributed by atoms with Crippen LogP contribution in [0.25, 0.3) is 0 Å². The Morgan fingerprint density at radius 1 is 1.03 bits per heavy atom. The Morgan fingerprint density at radius 2 is 1.67 bits per heavy atom. The highest BCUT2D eigenvalue weighted by atomic mass is 35.5. The first kappa shape index (κ1) is 26.2. The molecule has 1 amide bonds. The van der Waals surface area contributed by atoms with E-state index in [0.29, 0.717) is 30.5 Å². The van der Waals surface area contributed by atoms with Crippen molar-refractivity contribution in [3.8, 4) is 23.0 Å². The minimum atomic E-state index is -1.52. The lowest BCUT2D eigenvalue weighted by Crippen LogP contribution is -2.36. The molecule has 0 heterocycles. The minimum Gasteiger partial charge on any atom is -0.493 e. The molecule has 11 heteroatoms. The lowest BCUT2D eigenvalue weighted by Gasteiger charge is -2.21. The number of para-hydroxylation sites is 1. The van der Waals surface area contributed by atoms with E-state index in [1.165, 1.54) is 33.3 Å². The van der Waals surface area contributed by atoms with Gasteiger partial charge in [0.15, 0.2) is 28.8 Å². The average Bonchev–Trinajstić information content (AvgIpc) is 2.80. The Balaban J connectivity index is 2.40. The molecule has 1 atom stereocenters. The average molecular weight is 498 g/mol. The van der Waals surface area contributed by atoms with Crippen LogP contribution in [0.4, 0.5) is 11.4 Å². The number of amides is 1. The zero-order valence-corrected chi connectivity index (χ0v) is 20.4. The zero-order valence-electron chi connectivity index (χ0n) is 18.9. The fraction of sp³-hybridized carbons (Fsp3) is 0.364. The van der Waals surface area contributed by atoms with Crippen molar-refractivity contribution in [1.29, 1.82) is 0 Å². The number of anilines is 1. The summed E-state index contributed by atoms with van der Waals surface area (Å²) >= 11 is 12.6. The van der Waals surface area contributed by atoms with E-state index in [-0.39, 0.29) is 22.1 Å². The SMILES string of the molecule is CCOc1cccc(N(Cl)C(=O)C(N=Nc2cc(OC)c(OC)cc2Cl)C(C)=O)c1OCC. The number of azo groups is 1. The predicted octanol–water partition coefficient (Wildman–Crippen LogP) is 5.38. The maximum absolute atomic E-state index is 13.1. The van der Waals surface area contributed by atoms with Crippen LogP contribution in [0.3, 0.4) is 0 Å². The third-order valence-corrected chi connectivity index (χ3v) is 4.96. The molecule has 1 unspecified atom stereocenters. The first-order valence-electron chi connectivity index (χ1n) is 10.00. The Kier molecular flexibility index (Phi) is 9.74. The molecule has 0 saturated heterocycles. The molecular weight excluding hydrogens is 473 g/mol. The second kappa shape index (κ2) is 12.3. The second-order valence-electron chi connectivity index (χ2n) is 6.48. The predicted molar refractivity (Wildman–Crippen MR) is 126 cm³/mol. The van der Waals surface area contributed by atoms with Crippen LogP contribution in [0, 0.1) is 0 Å². The van der Waals surface area contributed by atoms with Gasteiger partial charge in [-0.05, 0) is 32.9 Å². The number of methoxy groups -OCH3 is 2. The van der Waals surface area contributed by atoms with Gasteiger partial charge in [-0.15, -0.1) is 0 Å². The number of ketones is 1. The topological polar surface area (TPSA) is 99.0 Å². The fourth-order valence-electron chi connectivity index (χ4n) is 2.79. The van der Waals surface area contributed by atoms with Crippen molar-refractivity contribution in [2.24, 2.45) is 10.2 Å². The van der Waals surface area contributed by atoms with Crippen molar-refractivity contribution in [3.63, 3.8) is 0 Å². The van der Waals surface area contributed by atoms with E-state index >= 15 is 0 Å². The van der Waals surface area contributed by atoms with Crippen LogP contribution >= 0.6 is 23.4 Å². The molecule has 9 nitrogen and oxygen atoms in total. The Labute approximate surface area is 202 Å². The van der Waals surface area contributed by atoms with Crippen molar-refractivity contribution in [2.45, 2.75) is 26.8 Å². The monoisotopic (exact) mass is 497 g/mol. The molecule has 0 aliphatic heterocycles. The van der Waals surface area contributed by atoms with E-state index < -0.39 is 17.7 Å². The van der Waals surface area contributed by atoms with Gasteiger partial charge in [-0.25, -0.2) is 4.42 Å². The normalized spacial score (nSPS) is 11.7. The van der Waals surface area contributed by atoms with Crippen molar-refractivity contribution in [3.05, 3.63) is 35.4 Å². The third kappa shape index (κ3) is 6.27. The van der Waals surface area contributed by atoms with E-state index in [9.17, 15) is 9.59 Å². The number of halogens is 2. The molecule has 0 saturated carbocycles. The van der Waals surface area contributed by atoms with Gasteiger partial charge < -0.3 is 18.9 Å². The fourth-order valence-corrected chi connectivity index (χ4v) is 3.21. The van der Waals surface area contributed by atoms with Gasteiger partial charge in [-0.1, -0.05) is 17.7 Å². The van der Waals surface area contributed by atoms with Gasteiger partial charge in [0.05, 0.1) is 32.5 Å². The summed E-state index contributed by atoms with van der Waals surface area (Å²) in [5.41, 5.74) is 0.392. The quantitative estimate of drug-likeness (QED) is 0.234. The smallest absolute Gasteiger partial charge is 0.276 e. The van der Waals surface area contributed by atoms with E-state index in [2.05, 4.69) is 10.2 Å². The Morgan fingerprint density at radius 3 is 2.24 bits per heavy atom. The van der Waals surface area contributed by atoms with Gasteiger partial charge in [0.2, 0.25) is 6.04 Å². The maximum Gasteiger partial charge on any atom is 0.276 e. The van der Waals surface area contributed by atoms with Crippen LogP contribution in [-0.4, -0.2) is 45.2 Å². The van der Waals surface area contributed by atoms with Gasteiger partial charge in [0.25, 0.3) is 5.91 Å². The Hall–Kier alpha value is -3.04. The van der Waals surface area contributed by atoms with E-state index in [1.54, 1.807) is 25.1 Å². The highest BCUT2D eigenvalue weighted by molar-refractivity contribution is 6.39. The van der Waals surface area contributed by atoms with Crippen LogP contribution in [-0.2, 0) is 9.59 Å². The van der Waals surface area contributed by atoms with Crippen molar-refractivity contribution < 1.29 is 28.5 Å². The molecule has 0 aromatic heterocycles. The second-order valence-corrected chi connectivity index (χ2v) is 7.22. The van der Waals surface area contributed by atoms with Crippen molar-refractivity contribution >= 4 is 46.4 Å². The molecule has 0 aliphatic rings. The number of hydrogen-bond acceptors (Lipinski definition) is 8. The molecule has 0 N–H and O–H groups in total. The van der Waals surface area contributed by atoms with Crippen LogP contribution in [0.15, 0.2) is 40.6 Å². The standard InChI is InChI=1S/C22H25Cl2N3O6/c1-6-32-17-10-8-9-16(21(17)33-7-2)27(24)22(29)20(13(3)28)26-25-15-12-19(31-5)18(30-4)11-14(15)23/h8-12,20H,6-7H2,1-5H3. The molecule has 2 rings (SSSR count). The van der Waals surface area contributed by atoms with E-state index in [4.69, 9.17) is 42.3 Å². The van der Waals surface area contributed by atoms with Gasteiger partial charge in [0, 0.05) is 23.9 Å². The van der Waals surface area contributed by atoms with Gasteiger partial charge in [0.1, 0.15) is 11.4 Å². The summed E-state index contributed by atoms with van der Waals surface area (Å²) in [5.74, 6) is 0.0460. The molecule has 2 aromatic carbocycles. The molecule has 0 spiro atoms. The summed E-state index contributed by atoms with van der Waals surface area (Å²) in [5, 5.41) is 8.09.